The van der Waals surface area contributed by atoms with Crippen LogP contribution in [0.3, 0.4) is 0 Å². The maximum absolute atomic E-state index is 5.41. The van der Waals surface area contributed by atoms with Crippen molar-refractivity contribution in [2.24, 2.45) is 17.7 Å². The van der Waals surface area contributed by atoms with Crippen LogP contribution >= 0.6 is 0 Å². The average Bonchev–Trinajstić information content (AvgIpc) is 2.64. The highest BCUT2D eigenvalue weighted by molar-refractivity contribution is 5.53. The van der Waals surface area contributed by atoms with Crippen molar-refractivity contribution in [2.75, 3.05) is 23.4 Å². The molecule has 0 aliphatic carbocycles. The standard InChI is InChI=1S/C14H24N4/c1-11(2)12-4-3-8-18(9-6-12)13-5-7-16-14(10-13)17-15/h5,7,10-12H,3-4,6,8-9,15H2,1-2H3,(H,16,17). The molecule has 0 saturated carbocycles. The van der Waals surface area contributed by atoms with Gasteiger partial charge in [-0.25, -0.2) is 10.8 Å². The first-order valence-corrected chi connectivity index (χ1v) is 6.88. The number of nitrogens with two attached hydrogens (primary N) is 1. The van der Waals surface area contributed by atoms with E-state index < -0.39 is 0 Å². The monoisotopic (exact) mass is 248 g/mol. The molecule has 0 amide bonds. The maximum Gasteiger partial charge on any atom is 0.141 e. The number of nitrogens with one attached hydrogen (secondary N) is 1. The second kappa shape index (κ2) is 6.05. The van der Waals surface area contributed by atoms with Crippen LogP contribution in [0.4, 0.5) is 11.5 Å². The van der Waals surface area contributed by atoms with E-state index in [0.717, 1.165) is 30.7 Å². The Morgan fingerprint density at radius 3 is 2.94 bits per heavy atom. The third-order valence-electron chi connectivity index (χ3n) is 3.97. The Morgan fingerprint density at radius 1 is 1.39 bits per heavy atom. The molecule has 1 aromatic rings. The molecule has 1 saturated heterocycles. The van der Waals surface area contributed by atoms with Gasteiger partial charge < -0.3 is 10.3 Å². The fourth-order valence-electron chi connectivity index (χ4n) is 2.74. The molecule has 2 heterocycles. The summed E-state index contributed by atoms with van der Waals surface area (Å²) in [6.07, 6.45) is 5.72. The number of nitrogen functional groups attached to an aromatic ring is 1. The average molecular weight is 248 g/mol. The summed E-state index contributed by atoms with van der Waals surface area (Å²) in [5.41, 5.74) is 3.84. The van der Waals surface area contributed by atoms with Crippen LogP contribution in [0.1, 0.15) is 33.1 Å². The normalized spacial score (nSPS) is 20.9. The molecule has 1 aliphatic heterocycles. The van der Waals surface area contributed by atoms with Crippen molar-refractivity contribution >= 4 is 11.5 Å². The summed E-state index contributed by atoms with van der Waals surface area (Å²) in [4.78, 5) is 6.61. The maximum atomic E-state index is 5.41. The second-order valence-corrected chi connectivity index (χ2v) is 5.47. The molecule has 18 heavy (non-hydrogen) atoms. The molecule has 1 aliphatic rings. The SMILES string of the molecule is CC(C)C1CCCN(c2ccnc(NN)c2)CC1. The fraction of sp³-hybridized carbons (Fsp3) is 0.643. The van der Waals surface area contributed by atoms with E-state index in [9.17, 15) is 0 Å². The smallest absolute Gasteiger partial charge is 0.141 e. The summed E-state index contributed by atoms with van der Waals surface area (Å²) in [5.74, 6) is 7.80. The summed E-state index contributed by atoms with van der Waals surface area (Å²) >= 11 is 0. The van der Waals surface area contributed by atoms with Crippen LogP contribution in [0.15, 0.2) is 18.3 Å². The molecule has 1 unspecified atom stereocenters. The van der Waals surface area contributed by atoms with Crippen LogP contribution in [-0.2, 0) is 0 Å². The zero-order valence-corrected chi connectivity index (χ0v) is 11.4. The van der Waals surface area contributed by atoms with Crippen LogP contribution in [-0.4, -0.2) is 18.1 Å². The zero-order valence-electron chi connectivity index (χ0n) is 11.4. The van der Waals surface area contributed by atoms with Crippen molar-refractivity contribution < 1.29 is 0 Å². The molecule has 0 radical (unpaired) electrons. The molecular weight excluding hydrogens is 224 g/mol. The van der Waals surface area contributed by atoms with E-state index in [-0.39, 0.29) is 0 Å². The van der Waals surface area contributed by atoms with Gasteiger partial charge in [-0.15, -0.1) is 0 Å². The minimum Gasteiger partial charge on any atom is -0.371 e. The van der Waals surface area contributed by atoms with E-state index in [2.05, 4.69) is 35.2 Å². The molecule has 4 heteroatoms. The van der Waals surface area contributed by atoms with E-state index in [0.29, 0.717) is 0 Å². The molecule has 1 atom stereocenters. The molecule has 2 rings (SSSR count). The van der Waals surface area contributed by atoms with E-state index in [1.54, 1.807) is 0 Å². The molecule has 0 spiro atoms. The summed E-state index contributed by atoms with van der Waals surface area (Å²) in [7, 11) is 0. The Labute approximate surface area is 110 Å². The Hall–Kier alpha value is -1.29. The predicted molar refractivity (Wildman–Crippen MR) is 76.4 cm³/mol. The van der Waals surface area contributed by atoms with Crippen LogP contribution in [0.2, 0.25) is 0 Å². The number of nitrogens with zero attached hydrogens (tertiary/aromatic N) is 2. The number of hydrazine groups is 1. The van der Waals surface area contributed by atoms with Gasteiger partial charge in [0.05, 0.1) is 0 Å². The molecule has 100 valence electrons. The molecule has 0 bridgehead atoms. The van der Waals surface area contributed by atoms with Crippen molar-refractivity contribution in [1.29, 1.82) is 0 Å². The second-order valence-electron chi connectivity index (χ2n) is 5.47. The van der Waals surface area contributed by atoms with Crippen molar-refractivity contribution in [1.82, 2.24) is 4.98 Å². The molecule has 0 aromatic carbocycles. The molecular formula is C14H24N4. The van der Waals surface area contributed by atoms with Gasteiger partial charge in [0, 0.05) is 31.0 Å². The summed E-state index contributed by atoms with van der Waals surface area (Å²) < 4.78 is 0. The first-order chi connectivity index (χ1) is 8.70. The molecule has 3 N–H and O–H groups in total. The van der Waals surface area contributed by atoms with Gasteiger partial charge >= 0.3 is 0 Å². The lowest BCUT2D eigenvalue weighted by molar-refractivity contribution is 0.351. The van der Waals surface area contributed by atoms with E-state index >= 15 is 0 Å². The van der Waals surface area contributed by atoms with Gasteiger partial charge in [-0.05, 0) is 37.2 Å². The third kappa shape index (κ3) is 3.13. The minimum atomic E-state index is 0.733. The highest BCUT2D eigenvalue weighted by Gasteiger charge is 2.19. The first-order valence-electron chi connectivity index (χ1n) is 6.88. The van der Waals surface area contributed by atoms with Gasteiger partial charge in [-0.2, -0.15) is 0 Å². The van der Waals surface area contributed by atoms with Crippen molar-refractivity contribution in [2.45, 2.75) is 33.1 Å². The summed E-state index contributed by atoms with van der Waals surface area (Å²) in [6.45, 7) is 6.94. The molecule has 1 fully saturated rings. The number of rotatable bonds is 3. The van der Waals surface area contributed by atoms with E-state index in [4.69, 9.17) is 5.84 Å². The van der Waals surface area contributed by atoms with Gasteiger partial charge in [-0.1, -0.05) is 13.8 Å². The third-order valence-corrected chi connectivity index (χ3v) is 3.97. The number of anilines is 2. The van der Waals surface area contributed by atoms with Gasteiger partial charge in [0.15, 0.2) is 0 Å². The molecule has 4 nitrogen and oxygen atoms in total. The fourth-order valence-corrected chi connectivity index (χ4v) is 2.74. The van der Waals surface area contributed by atoms with Crippen LogP contribution in [0, 0.1) is 11.8 Å². The van der Waals surface area contributed by atoms with Crippen molar-refractivity contribution in [3.63, 3.8) is 0 Å². The quantitative estimate of drug-likeness (QED) is 0.638. The Bertz CT molecular complexity index is 378. The van der Waals surface area contributed by atoms with E-state index in [1.807, 2.05) is 12.3 Å². The van der Waals surface area contributed by atoms with Crippen LogP contribution in [0.25, 0.3) is 0 Å². The van der Waals surface area contributed by atoms with Gasteiger partial charge in [-0.3, -0.25) is 0 Å². The van der Waals surface area contributed by atoms with Crippen molar-refractivity contribution in [3.8, 4) is 0 Å². The number of aromatic nitrogens is 1. The predicted octanol–water partition coefficient (Wildman–Crippen LogP) is 2.63. The number of hydrogen-bond acceptors (Lipinski definition) is 4. The lowest BCUT2D eigenvalue weighted by Crippen LogP contribution is -2.24. The number of hydrogen-bond donors (Lipinski definition) is 2. The number of pyridine rings is 1. The first kappa shape index (κ1) is 13.1. The highest BCUT2D eigenvalue weighted by atomic mass is 15.2. The van der Waals surface area contributed by atoms with Gasteiger partial charge in [0.2, 0.25) is 0 Å². The topological polar surface area (TPSA) is 54.2 Å². The Kier molecular flexibility index (Phi) is 4.42. The minimum absolute atomic E-state index is 0.733. The largest absolute Gasteiger partial charge is 0.371 e. The Morgan fingerprint density at radius 2 is 2.22 bits per heavy atom. The van der Waals surface area contributed by atoms with Crippen LogP contribution < -0.4 is 16.2 Å². The highest BCUT2D eigenvalue weighted by Crippen LogP contribution is 2.27. The van der Waals surface area contributed by atoms with E-state index in [1.165, 1.54) is 24.9 Å². The van der Waals surface area contributed by atoms with Gasteiger partial charge in [0.25, 0.3) is 0 Å². The summed E-state index contributed by atoms with van der Waals surface area (Å²) in [5, 5.41) is 0. The lowest BCUT2D eigenvalue weighted by Gasteiger charge is -2.23. The zero-order chi connectivity index (χ0) is 13.0. The molecule has 1 aromatic heterocycles. The Balaban J connectivity index is 2.04. The van der Waals surface area contributed by atoms with Crippen molar-refractivity contribution in [3.05, 3.63) is 18.3 Å². The van der Waals surface area contributed by atoms with Gasteiger partial charge in [0.1, 0.15) is 5.82 Å². The lowest BCUT2D eigenvalue weighted by atomic mass is 9.89. The van der Waals surface area contributed by atoms with Crippen LogP contribution in [0.5, 0.6) is 0 Å². The summed E-state index contributed by atoms with van der Waals surface area (Å²) in [6, 6.07) is 4.09.